The van der Waals surface area contributed by atoms with Crippen LogP contribution < -0.4 is 4.74 Å². The molecule has 0 amide bonds. The van der Waals surface area contributed by atoms with Gasteiger partial charge in [-0.25, -0.2) is 0 Å². The molecule has 1 fully saturated rings. The second kappa shape index (κ2) is 5.40. The van der Waals surface area contributed by atoms with Crippen molar-refractivity contribution in [1.29, 1.82) is 0 Å². The molecule has 1 aliphatic carbocycles. The zero-order valence-electron chi connectivity index (χ0n) is 11.3. The van der Waals surface area contributed by atoms with Gasteiger partial charge in [0.05, 0.1) is 23.1 Å². The summed E-state index contributed by atoms with van der Waals surface area (Å²) >= 11 is 5.87. The fourth-order valence-electron chi connectivity index (χ4n) is 2.89. The maximum absolute atomic E-state index is 13.1. The van der Waals surface area contributed by atoms with Crippen LogP contribution in [-0.4, -0.2) is 18.2 Å². The van der Waals surface area contributed by atoms with Gasteiger partial charge < -0.3 is 9.84 Å². The molecule has 1 N–H and O–H groups in total. The Bertz CT molecular complexity index is 563. The number of ether oxygens (including phenoxy) is 1. The lowest BCUT2D eigenvalue weighted by molar-refractivity contribution is -0.144. The summed E-state index contributed by atoms with van der Waals surface area (Å²) in [6.07, 6.45) is -2.72. The van der Waals surface area contributed by atoms with Crippen molar-refractivity contribution in [2.45, 2.75) is 37.3 Å². The minimum Gasteiger partial charge on any atom is -0.495 e. The van der Waals surface area contributed by atoms with Gasteiger partial charge in [0.25, 0.3) is 0 Å². The van der Waals surface area contributed by atoms with Crippen LogP contribution in [0.4, 0.5) is 13.2 Å². The number of alkyl halides is 3. The van der Waals surface area contributed by atoms with Crippen molar-refractivity contribution in [2.24, 2.45) is 0 Å². The topological polar surface area (TPSA) is 46.5 Å². The molecule has 3 nitrogen and oxygen atoms in total. The molecule has 0 spiro atoms. The van der Waals surface area contributed by atoms with Crippen molar-refractivity contribution in [1.82, 2.24) is 0 Å². The molecule has 1 aromatic carbocycles. The Balaban J connectivity index is 2.66. The lowest BCUT2D eigenvalue weighted by Gasteiger charge is -2.26. The first kappa shape index (κ1) is 15.9. The van der Waals surface area contributed by atoms with E-state index in [0.717, 1.165) is 13.2 Å². The van der Waals surface area contributed by atoms with Gasteiger partial charge in [0.2, 0.25) is 0 Å². The van der Waals surface area contributed by atoms with Gasteiger partial charge in [0.15, 0.2) is 0 Å². The van der Waals surface area contributed by atoms with Crippen LogP contribution in [0.2, 0.25) is 5.02 Å². The van der Waals surface area contributed by atoms with E-state index in [0.29, 0.717) is 25.7 Å². The number of carboxylic acid groups (broad SMARTS) is 1. The summed E-state index contributed by atoms with van der Waals surface area (Å²) in [5.74, 6) is -1.60. The Labute approximate surface area is 124 Å². The van der Waals surface area contributed by atoms with Crippen LogP contribution in [0.3, 0.4) is 0 Å². The third-order valence-corrected chi connectivity index (χ3v) is 4.25. The number of methoxy groups -OCH3 is 1. The van der Waals surface area contributed by atoms with E-state index in [1.807, 2.05) is 0 Å². The van der Waals surface area contributed by atoms with Crippen molar-refractivity contribution in [3.8, 4) is 5.75 Å². The van der Waals surface area contributed by atoms with E-state index < -0.39 is 28.9 Å². The van der Waals surface area contributed by atoms with Crippen LogP contribution in [0.5, 0.6) is 5.75 Å². The van der Waals surface area contributed by atoms with Crippen molar-refractivity contribution in [3.05, 3.63) is 28.3 Å². The summed E-state index contributed by atoms with van der Waals surface area (Å²) in [7, 11) is 1.10. The quantitative estimate of drug-likeness (QED) is 0.904. The Morgan fingerprint density at radius 3 is 2.33 bits per heavy atom. The fraction of sp³-hybridized carbons (Fsp3) is 0.500. The number of hydrogen-bond donors (Lipinski definition) is 1. The number of halogens is 4. The molecule has 0 aromatic heterocycles. The van der Waals surface area contributed by atoms with Crippen molar-refractivity contribution >= 4 is 17.6 Å². The molecule has 0 unspecified atom stereocenters. The van der Waals surface area contributed by atoms with Crippen LogP contribution >= 0.6 is 11.6 Å². The highest BCUT2D eigenvalue weighted by Crippen LogP contribution is 2.47. The van der Waals surface area contributed by atoms with Crippen LogP contribution in [0.15, 0.2) is 12.1 Å². The Kier molecular flexibility index (Phi) is 4.10. The van der Waals surface area contributed by atoms with Gasteiger partial charge >= 0.3 is 12.1 Å². The van der Waals surface area contributed by atoms with Crippen molar-refractivity contribution in [3.63, 3.8) is 0 Å². The first-order chi connectivity index (χ1) is 9.72. The second-order valence-electron chi connectivity index (χ2n) is 5.13. The highest BCUT2D eigenvalue weighted by atomic mass is 35.5. The predicted molar refractivity (Wildman–Crippen MR) is 70.8 cm³/mol. The predicted octanol–water partition coefficient (Wildman–Crippen LogP) is 4.26. The minimum atomic E-state index is -4.66. The van der Waals surface area contributed by atoms with Gasteiger partial charge in [-0.1, -0.05) is 24.4 Å². The minimum absolute atomic E-state index is 0.0885. The third-order valence-electron chi connectivity index (χ3n) is 3.97. The molecular weight excluding hydrogens is 309 g/mol. The molecule has 21 heavy (non-hydrogen) atoms. The van der Waals surface area contributed by atoms with Crippen LogP contribution in [0.1, 0.15) is 36.8 Å². The van der Waals surface area contributed by atoms with Gasteiger partial charge in [0, 0.05) is 0 Å². The van der Waals surface area contributed by atoms with Crippen LogP contribution in [0.25, 0.3) is 0 Å². The van der Waals surface area contributed by atoms with Crippen LogP contribution in [0, 0.1) is 0 Å². The standard InChI is InChI=1S/C14H14ClF3O3/c1-21-11-9(14(16,17)18)6-8(7-10(11)15)13(12(19)20)4-2-3-5-13/h6-7H,2-5H2,1H3,(H,19,20). The molecule has 0 heterocycles. The Hall–Kier alpha value is -1.43. The molecule has 7 heteroatoms. The number of carboxylic acids is 1. The van der Waals surface area contributed by atoms with E-state index in [2.05, 4.69) is 0 Å². The van der Waals surface area contributed by atoms with Gasteiger partial charge in [0.1, 0.15) is 5.75 Å². The summed E-state index contributed by atoms with van der Waals surface area (Å²) in [4.78, 5) is 11.6. The number of carbonyl (C=O) groups is 1. The van der Waals surface area contributed by atoms with Crippen molar-refractivity contribution < 1.29 is 27.8 Å². The van der Waals surface area contributed by atoms with E-state index in [4.69, 9.17) is 16.3 Å². The van der Waals surface area contributed by atoms with E-state index >= 15 is 0 Å². The SMILES string of the molecule is COc1c(Cl)cc(C2(C(=O)O)CCCC2)cc1C(F)(F)F. The summed E-state index contributed by atoms with van der Waals surface area (Å²) in [5, 5.41) is 9.25. The summed E-state index contributed by atoms with van der Waals surface area (Å²) < 4.78 is 44.1. The zero-order chi connectivity index (χ0) is 15.8. The van der Waals surface area contributed by atoms with Gasteiger partial charge in [-0.3, -0.25) is 4.79 Å². The molecule has 0 atom stereocenters. The van der Waals surface area contributed by atoms with E-state index in [1.165, 1.54) is 6.07 Å². The molecule has 0 radical (unpaired) electrons. The number of hydrogen-bond acceptors (Lipinski definition) is 2. The molecule has 116 valence electrons. The normalized spacial score (nSPS) is 17.8. The molecule has 1 saturated carbocycles. The maximum Gasteiger partial charge on any atom is 0.420 e. The maximum atomic E-state index is 13.1. The monoisotopic (exact) mass is 322 g/mol. The number of benzene rings is 1. The first-order valence-corrected chi connectivity index (χ1v) is 6.79. The van der Waals surface area contributed by atoms with Gasteiger partial charge in [-0.15, -0.1) is 0 Å². The Morgan fingerprint density at radius 1 is 1.33 bits per heavy atom. The highest BCUT2D eigenvalue weighted by Gasteiger charge is 2.45. The highest BCUT2D eigenvalue weighted by molar-refractivity contribution is 6.32. The van der Waals surface area contributed by atoms with E-state index in [-0.39, 0.29) is 10.6 Å². The zero-order valence-corrected chi connectivity index (χ0v) is 12.0. The molecular formula is C14H14ClF3O3. The van der Waals surface area contributed by atoms with Gasteiger partial charge in [-0.2, -0.15) is 13.2 Å². The molecule has 0 aliphatic heterocycles. The number of aliphatic carboxylic acids is 1. The first-order valence-electron chi connectivity index (χ1n) is 6.41. The van der Waals surface area contributed by atoms with E-state index in [1.54, 1.807) is 0 Å². The summed E-state index contributed by atoms with van der Waals surface area (Å²) in [6, 6.07) is 2.12. The smallest absolute Gasteiger partial charge is 0.420 e. The lowest BCUT2D eigenvalue weighted by Crippen LogP contribution is -2.33. The summed E-state index contributed by atoms with van der Waals surface area (Å²) in [5.41, 5.74) is -2.25. The van der Waals surface area contributed by atoms with Crippen molar-refractivity contribution in [2.75, 3.05) is 7.11 Å². The number of rotatable bonds is 3. The third kappa shape index (κ3) is 2.69. The average Bonchev–Trinajstić information content (AvgIpc) is 2.87. The van der Waals surface area contributed by atoms with Crippen LogP contribution in [-0.2, 0) is 16.4 Å². The fourth-order valence-corrected chi connectivity index (χ4v) is 3.19. The largest absolute Gasteiger partial charge is 0.495 e. The molecule has 2 rings (SSSR count). The average molecular weight is 323 g/mol. The van der Waals surface area contributed by atoms with E-state index in [9.17, 15) is 23.1 Å². The molecule has 0 saturated heterocycles. The Morgan fingerprint density at radius 2 is 1.90 bits per heavy atom. The second-order valence-corrected chi connectivity index (χ2v) is 5.54. The summed E-state index contributed by atoms with van der Waals surface area (Å²) in [6.45, 7) is 0. The van der Waals surface area contributed by atoms with Gasteiger partial charge in [-0.05, 0) is 30.5 Å². The molecule has 0 bridgehead atoms. The molecule has 1 aliphatic rings. The molecule has 1 aromatic rings. The lowest BCUT2D eigenvalue weighted by atomic mass is 9.78.